The van der Waals surface area contributed by atoms with E-state index in [0.717, 1.165) is 43.0 Å². The summed E-state index contributed by atoms with van der Waals surface area (Å²) in [5.41, 5.74) is -6.44. The highest BCUT2D eigenvalue weighted by Gasteiger charge is 2.95. The smallest absolute Gasteiger partial charge is 0.273 e. The van der Waals surface area contributed by atoms with Gasteiger partial charge in [-0.15, -0.1) is 0 Å². The molecule has 0 radical (unpaired) electrons. The second-order valence-electron chi connectivity index (χ2n) is 7.12. The first-order valence-corrected chi connectivity index (χ1v) is 8.69. The van der Waals surface area contributed by atoms with Gasteiger partial charge in [-0.05, 0) is 62.4 Å². The Kier molecular flexibility index (Phi) is 3.91. The molecule has 2 aromatic carbocycles. The molecular formula is C20H16F2N2O5. The van der Waals surface area contributed by atoms with Gasteiger partial charge in [-0.2, -0.15) is 0 Å². The molecule has 4 rings (SSSR count). The van der Waals surface area contributed by atoms with Crippen LogP contribution in [0.25, 0.3) is 0 Å². The molecule has 0 spiro atoms. The lowest BCUT2D eigenvalue weighted by Crippen LogP contribution is -2.58. The summed E-state index contributed by atoms with van der Waals surface area (Å²) in [6.45, 7) is 2.24. The fourth-order valence-electron chi connectivity index (χ4n) is 3.94. The maximum Gasteiger partial charge on any atom is 0.273 e. The normalized spacial score (nSPS) is 30.1. The Labute approximate surface area is 163 Å². The third kappa shape index (κ3) is 2.31. The van der Waals surface area contributed by atoms with Gasteiger partial charge in [0.2, 0.25) is 11.2 Å². The molecule has 7 nitrogen and oxygen atoms in total. The minimum atomic E-state index is -2.27. The van der Waals surface area contributed by atoms with Crippen molar-refractivity contribution in [2.24, 2.45) is 0 Å². The van der Waals surface area contributed by atoms with Crippen LogP contribution in [-0.4, -0.2) is 39.6 Å². The van der Waals surface area contributed by atoms with Crippen LogP contribution in [0, 0.1) is 11.6 Å². The number of ketones is 1. The van der Waals surface area contributed by atoms with Gasteiger partial charge in [0.1, 0.15) is 11.6 Å². The highest BCUT2D eigenvalue weighted by molar-refractivity contribution is 6.29. The van der Waals surface area contributed by atoms with E-state index in [9.17, 15) is 28.3 Å². The molecule has 0 aromatic heterocycles. The molecule has 0 unspecified atom stereocenters. The summed E-state index contributed by atoms with van der Waals surface area (Å²) in [6.07, 6.45) is 0. The first-order chi connectivity index (χ1) is 13.6. The standard InChI is InChI=1S/C20H16F2N2O5/c1-11(25)19-17(27)24(15-9-5-13(22)6-10-15)18(2,28)20(19,29-19)16(26)23-14-7-3-12(21)4-8-14/h3-10,28H,1-2H3,(H,23,26)/t18-,19+,20-/m1/s1. The van der Waals surface area contributed by atoms with Crippen LogP contribution >= 0.6 is 0 Å². The van der Waals surface area contributed by atoms with Crippen molar-refractivity contribution in [3.8, 4) is 0 Å². The third-order valence-corrected chi connectivity index (χ3v) is 5.37. The number of carbonyl (C=O) groups excluding carboxylic acids is 3. The first-order valence-electron chi connectivity index (χ1n) is 8.69. The number of halogens is 2. The quantitative estimate of drug-likeness (QED) is 0.600. The van der Waals surface area contributed by atoms with E-state index in [1.165, 1.54) is 24.3 Å². The number of nitrogens with zero attached hydrogens (tertiary/aromatic N) is 1. The number of carbonyl (C=O) groups is 3. The maximum atomic E-state index is 13.3. The largest absolute Gasteiger partial charge is 0.367 e. The summed E-state index contributed by atoms with van der Waals surface area (Å²) in [5, 5.41) is 13.7. The van der Waals surface area contributed by atoms with Crippen LogP contribution in [0.3, 0.4) is 0 Å². The zero-order valence-electron chi connectivity index (χ0n) is 15.4. The van der Waals surface area contributed by atoms with Crippen LogP contribution in [0.1, 0.15) is 13.8 Å². The minimum absolute atomic E-state index is 0.0896. The number of anilines is 2. The number of benzene rings is 2. The summed E-state index contributed by atoms with van der Waals surface area (Å²) in [7, 11) is 0. The molecule has 0 saturated carbocycles. The topological polar surface area (TPSA) is 99.2 Å². The van der Waals surface area contributed by atoms with Crippen molar-refractivity contribution in [2.45, 2.75) is 30.8 Å². The zero-order valence-corrected chi connectivity index (χ0v) is 15.4. The van der Waals surface area contributed by atoms with E-state index in [1.54, 1.807) is 0 Å². The van der Waals surface area contributed by atoms with E-state index < -0.39 is 46.2 Å². The Morgan fingerprint density at radius 1 is 1.03 bits per heavy atom. The summed E-state index contributed by atoms with van der Waals surface area (Å²) >= 11 is 0. The van der Waals surface area contributed by atoms with E-state index in [2.05, 4.69) is 5.32 Å². The summed E-state index contributed by atoms with van der Waals surface area (Å²) in [6, 6.07) is 9.43. The fourth-order valence-corrected chi connectivity index (χ4v) is 3.94. The van der Waals surface area contributed by atoms with Crippen LogP contribution < -0.4 is 10.2 Å². The molecule has 9 heteroatoms. The lowest BCUT2D eigenvalue weighted by molar-refractivity contribution is -0.136. The zero-order chi connectivity index (χ0) is 21.2. The van der Waals surface area contributed by atoms with Crippen molar-refractivity contribution in [1.29, 1.82) is 0 Å². The molecule has 2 aromatic rings. The number of nitrogens with one attached hydrogen (secondary N) is 1. The monoisotopic (exact) mass is 402 g/mol. The van der Waals surface area contributed by atoms with Crippen LogP contribution in [0.2, 0.25) is 0 Å². The van der Waals surface area contributed by atoms with Crippen molar-refractivity contribution >= 4 is 29.0 Å². The Morgan fingerprint density at radius 2 is 1.55 bits per heavy atom. The van der Waals surface area contributed by atoms with E-state index in [4.69, 9.17) is 4.74 Å². The number of hydrogen-bond donors (Lipinski definition) is 2. The van der Waals surface area contributed by atoms with Gasteiger partial charge in [-0.1, -0.05) is 0 Å². The number of aliphatic hydroxyl groups is 1. The minimum Gasteiger partial charge on any atom is -0.367 e. The number of Topliss-reactive ketones (excluding diaryl/α,β-unsaturated/α-hetero) is 1. The highest BCUT2D eigenvalue weighted by Crippen LogP contribution is 2.63. The van der Waals surface area contributed by atoms with E-state index in [1.807, 2.05) is 0 Å². The van der Waals surface area contributed by atoms with E-state index in [-0.39, 0.29) is 11.4 Å². The molecule has 150 valence electrons. The molecule has 29 heavy (non-hydrogen) atoms. The molecule has 3 atom stereocenters. The SMILES string of the molecule is CC(=O)[C@@]12O[C@]1(C(=O)Nc1ccc(F)cc1)[C@@](C)(O)N(c1ccc(F)cc1)C2=O. The Morgan fingerprint density at radius 3 is 2.07 bits per heavy atom. The van der Waals surface area contributed by atoms with Crippen molar-refractivity contribution in [3.63, 3.8) is 0 Å². The second-order valence-corrected chi connectivity index (χ2v) is 7.12. The number of amides is 2. The summed E-state index contributed by atoms with van der Waals surface area (Å²) in [4.78, 5) is 39.4. The molecule has 2 fully saturated rings. The molecule has 2 saturated heterocycles. The fraction of sp³-hybridized carbons (Fsp3) is 0.250. The van der Waals surface area contributed by atoms with Crippen molar-refractivity contribution in [1.82, 2.24) is 0 Å². The van der Waals surface area contributed by atoms with Gasteiger partial charge < -0.3 is 15.2 Å². The number of morpholine rings is 1. The second kappa shape index (κ2) is 5.91. The predicted molar refractivity (Wildman–Crippen MR) is 96.8 cm³/mol. The number of epoxide rings is 1. The lowest BCUT2D eigenvalue weighted by Gasteiger charge is -2.35. The Balaban J connectivity index is 1.78. The van der Waals surface area contributed by atoms with Gasteiger partial charge in [0.05, 0.1) is 0 Å². The lowest BCUT2D eigenvalue weighted by atomic mass is 9.85. The van der Waals surface area contributed by atoms with Gasteiger partial charge >= 0.3 is 0 Å². The molecule has 2 aliphatic rings. The van der Waals surface area contributed by atoms with Crippen molar-refractivity contribution in [3.05, 3.63) is 60.2 Å². The molecule has 2 aliphatic heterocycles. The van der Waals surface area contributed by atoms with Gasteiger partial charge in [-0.25, -0.2) is 8.78 Å². The number of rotatable bonds is 4. The van der Waals surface area contributed by atoms with Gasteiger partial charge in [0.15, 0.2) is 11.5 Å². The van der Waals surface area contributed by atoms with Crippen LogP contribution in [-0.2, 0) is 19.1 Å². The third-order valence-electron chi connectivity index (χ3n) is 5.37. The van der Waals surface area contributed by atoms with Gasteiger partial charge in [-0.3, -0.25) is 19.3 Å². The average molecular weight is 402 g/mol. The number of ether oxygens (including phenoxy) is 1. The predicted octanol–water partition coefficient (Wildman–Crippen LogP) is 1.76. The van der Waals surface area contributed by atoms with Crippen molar-refractivity contribution < 1.29 is 33.0 Å². The molecule has 0 aliphatic carbocycles. The summed E-state index contributed by atoms with van der Waals surface area (Å²) in [5.74, 6) is -3.72. The Bertz CT molecular complexity index is 1040. The van der Waals surface area contributed by atoms with Gasteiger partial charge in [0.25, 0.3) is 11.8 Å². The van der Waals surface area contributed by atoms with Gasteiger partial charge in [0, 0.05) is 11.4 Å². The molecular weight excluding hydrogens is 386 g/mol. The van der Waals surface area contributed by atoms with Crippen LogP contribution in [0.4, 0.5) is 20.2 Å². The van der Waals surface area contributed by atoms with E-state index in [0.29, 0.717) is 0 Å². The Hall–Kier alpha value is -3.17. The first kappa shape index (κ1) is 19.2. The van der Waals surface area contributed by atoms with Crippen molar-refractivity contribution in [2.75, 3.05) is 10.2 Å². The molecule has 2 heterocycles. The summed E-state index contributed by atoms with van der Waals surface area (Å²) < 4.78 is 31.8. The number of fused-ring (bicyclic) bond motifs is 1. The molecule has 0 bridgehead atoms. The molecule has 2 amide bonds. The maximum absolute atomic E-state index is 13.3. The van der Waals surface area contributed by atoms with Crippen LogP contribution in [0.5, 0.6) is 0 Å². The average Bonchev–Trinajstić information content (AvgIpc) is 3.36. The highest BCUT2D eigenvalue weighted by atomic mass is 19.1. The van der Waals surface area contributed by atoms with Crippen LogP contribution in [0.15, 0.2) is 48.5 Å². The van der Waals surface area contributed by atoms with E-state index >= 15 is 0 Å². The number of hydrogen-bond acceptors (Lipinski definition) is 5. The molecule has 2 N–H and O–H groups in total.